The molecule has 0 amide bonds. The molecular weight excluding hydrogens is 268 g/mol. The van der Waals surface area contributed by atoms with Crippen LogP contribution in [0.5, 0.6) is 0 Å². The fourth-order valence-electron chi connectivity index (χ4n) is 3.08. The van der Waals surface area contributed by atoms with Crippen LogP contribution in [0, 0.1) is 6.92 Å². The summed E-state index contributed by atoms with van der Waals surface area (Å²) in [6.07, 6.45) is 0. The molecule has 3 rings (SSSR count). The lowest BCUT2D eigenvalue weighted by atomic mass is 9.84. The van der Waals surface area contributed by atoms with Crippen LogP contribution in [0.4, 0.5) is 5.69 Å². The average molecular weight is 287 g/mol. The number of anilines is 1. The minimum Gasteiger partial charge on any atom is -0.399 e. The van der Waals surface area contributed by atoms with E-state index in [1.165, 1.54) is 22.3 Å². The summed E-state index contributed by atoms with van der Waals surface area (Å²) in [5.41, 5.74) is 11.8. The Morgan fingerprint density at radius 2 is 2.05 bits per heavy atom. The zero-order valence-corrected chi connectivity index (χ0v) is 12.6. The summed E-state index contributed by atoms with van der Waals surface area (Å²) >= 11 is 6.45. The standard InChI is InChI=1S/C17H19ClN2/c1-11-6-14-15(12-4-3-5-13(19)8-12)9-20(2)10-16(14)17(18)7-11/h3-8,15H,9-10,19H2,1-2H3. The molecule has 0 bridgehead atoms. The highest BCUT2D eigenvalue weighted by Gasteiger charge is 2.26. The van der Waals surface area contributed by atoms with Gasteiger partial charge < -0.3 is 10.6 Å². The summed E-state index contributed by atoms with van der Waals surface area (Å²) in [5, 5.41) is 0.875. The number of nitrogens with two attached hydrogens (primary N) is 1. The summed E-state index contributed by atoms with van der Waals surface area (Å²) in [6.45, 7) is 4.00. The molecule has 0 aromatic heterocycles. The molecule has 1 heterocycles. The van der Waals surface area contributed by atoms with E-state index in [2.05, 4.69) is 43.1 Å². The van der Waals surface area contributed by atoms with Crippen LogP contribution in [0.1, 0.15) is 28.2 Å². The van der Waals surface area contributed by atoms with E-state index in [1.807, 2.05) is 12.1 Å². The molecule has 2 nitrogen and oxygen atoms in total. The maximum atomic E-state index is 6.45. The van der Waals surface area contributed by atoms with Gasteiger partial charge in [0.1, 0.15) is 0 Å². The molecule has 0 aliphatic carbocycles. The lowest BCUT2D eigenvalue weighted by molar-refractivity contribution is 0.295. The fourth-order valence-corrected chi connectivity index (χ4v) is 3.42. The minimum atomic E-state index is 0.338. The second kappa shape index (κ2) is 5.12. The van der Waals surface area contributed by atoms with Crippen molar-refractivity contribution in [1.29, 1.82) is 0 Å². The van der Waals surface area contributed by atoms with Gasteiger partial charge in [-0.1, -0.05) is 29.8 Å². The van der Waals surface area contributed by atoms with E-state index in [9.17, 15) is 0 Å². The normalized spacial score (nSPS) is 18.9. The van der Waals surface area contributed by atoms with Gasteiger partial charge >= 0.3 is 0 Å². The number of aryl methyl sites for hydroxylation is 1. The van der Waals surface area contributed by atoms with Crippen molar-refractivity contribution < 1.29 is 0 Å². The molecule has 1 aliphatic heterocycles. The van der Waals surface area contributed by atoms with Crippen LogP contribution < -0.4 is 5.73 Å². The maximum absolute atomic E-state index is 6.45. The van der Waals surface area contributed by atoms with Crippen LogP contribution in [-0.2, 0) is 6.54 Å². The predicted molar refractivity (Wildman–Crippen MR) is 85.2 cm³/mol. The molecule has 2 N–H and O–H groups in total. The Morgan fingerprint density at radius 3 is 2.80 bits per heavy atom. The van der Waals surface area contributed by atoms with Gasteiger partial charge in [-0.3, -0.25) is 0 Å². The second-order valence-electron chi connectivity index (χ2n) is 5.73. The van der Waals surface area contributed by atoms with Gasteiger partial charge in [-0.15, -0.1) is 0 Å². The third-order valence-corrected chi connectivity index (χ3v) is 4.32. The van der Waals surface area contributed by atoms with Crippen LogP contribution >= 0.6 is 11.6 Å². The SMILES string of the molecule is Cc1cc(Cl)c2c(c1)C(c1cccc(N)c1)CN(C)C2. The number of nitrogen functional groups attached to an aromatic ring is 1. The molecule has 2 aromatic rings. The van der Waals surface area contributed by atoms with E-state index < -0.39 is 0 Å². The van der Waals surface area contributed by atoms with Crippen LogP contribution in [0.3, 0.4) is 0 Å². The molecule has 0 radical (unpaired) electrons. The van der Waals surface area contributed by atoms with Gasteiger partial charge in [-0.05, 0) is 54.4 Å². The summed E-state index contributed by atoms with van der Waals surface area (Å²) in [7, 11) is 2.14. The number of likely N-dealkylation sites (N-methyl/N-ethyl adjacent to an activating group) is 1. The van der Waals surface area contributed by atoms with E-state index in [0.717, 1.165) is 23.8 Å². The zero-order chi connectivity index (χ0) is 14.3. The third kappa shape index (κ3) is 2.41. The molecule has 1 aliphatic rings. The fraction of sp³-hybridized carbons (Fsp3) is 0.294. The number of halogens is 1. The molecule has 20 heavy (non-hydrogen) atoms. The van der Waals surface area contributed by atoms with Gasteiger partial charge in [0.25, 0.3) is 0 Å². The quantitative estimate of drug-likeness (QED) is 0.808. The van der Waals surface area contributed by atoms with Crippen molar-refractivity contribution in [3.8, 4) is 0 Å². The number of nitrogens with zero attached hydrogens (tertiary/aromatic N) is 1. The summed E-state index contributed by atoms with van der Waals surface area (Å²) in [5.74, 6) is 0.338. The monoisotopic (exact) mass is 286 g/mol. The second-order valence-corrected chi connectivity index (χ2v) is 6.14. The lowest BCUT2D eigenvalue weighted by Crippen LogP contribution is -2.31. The maximum Gasteiger partial charge on any atom is 0.0456 e. The van der Waals surface area contributed by atoms with Gasteiger partial charge in [-0.25, -0.2) is 0 Å². The van der Waals surface area contributed by atoms with Crippen LogP contribution in [0.15, 0.2) is 36.4 Å². The van der Waals surface area contributed by atoms with Crippen molar-refractivity contribution in [1.82, 2.24) is 4.90 Å². The molecule has 2 aromatic carbocycles. The summed E-state index contributed by atoms with van der Waals surface area (Å²) in [6, 6.07) is 12.5. The Bertz CT molecular complexity index is 651. The molecule has 1 unspecified atom stereocenters. The van der Waals surface area contributed by atoms with Crippen molar-refractivity contribution in [2.45, 2.75) is 19.4 Å². The van der Waals surface area contributed by atoms with Crippen LogP contribution in [-0.4, -0.2) is 18.5 Å². The van der Waals surface area contributed by atoms with Gasteiger partial charge in [0.15, 0.2) is 0 Å². The van der Waals surface area contributed by atoms with Crippen molar-refractivity contribution in [2.24, 2.45) is 0 Å². The van der Waals surface area contributed by atoms with Gasteiger partial charge in [0, 0.05) is 29.7 Å². The van der Waals surface area contributed by atoms with E-state index in [1.54, 1.807) is 0 Å². The van der Waals surface area contributed by atoms with Crippen molar-refractivity contribution in [3.63, 3.8) is 0 Å². The molecule has 0 fully saturated rings. The molecule has 0 saturated carbocycles. The number of fused-ring (bicyclic) bond motifs is 1. The van der Waals surface area contributed by atoms with Gasteiger partial charge in [0.2, 0.25) is 0 Å². The first-order valence-corrected chi connectivity index (χ1v) is 7.25. The van der Waals surface area contributed by atoms with Crippen LogP contribution in [0.2, 0.25) is 5.02 Å². The minimum absolute atomic E-state index is 0.338. The van der Waals surface area contributed by atoms with Gasteiger partial charge in [-0.2, -0.15) is 0 Å². The Balaban J connectivity index is 2.15. The molecule has 1 atom stereocenters. The molecule has 0 spiro atoms. The first-order chi connectivity index (χ1) is 9.54. The first kappa shape index (κ1) is 13.5. The van der Waals surface area contributed by atoms with E-state index in [-0.39, 0.29) is 0 Å². The van der Waals surface area contributed by atoms with E-state index >= 15 is 0 Å². The Kier molecular flexibility index (Phi) is 3.45. The Labute approximate surface area is 125 Å². The first-order valence-electron chi connectivity index (χ1n) is 6.87. The van der Waals surface area contributed by atoms with Crippen molar-refractivity contribution in [2.75, 3.05) is 19.3 Å². The Morgan fingerprint density at radius 1 is 1.25 bits per heavy atom. The van der Waals surface area contributed by atoms with E-state index in [4.69, 9.17) is 17.3 Å². The highest BCUT2D eigenvalue weighted by molar-refractivity contribution is 6.31. The topological polar surface area (TPSA) is 29.3 Å². The smallest absolute Gasteiger partial charge is 0.0456 e. The number of hydrogen-bond donors (Lipinski definition) is 1. The molecular formula is C17H19ClN2. The van der Waals surface area contributed by atoms with Crippen molar-refractivity contribution in [3.05, 3.63) is 63.7 Å². The summed E-state index contributed by atoms with van der Waals surface area (Å²) < 4.78 is 0. The number of hydrogen-bond acceptors (Lipinski definition) is 2. The Hall–Kier alpha value is -1.51. The predicted octanol–water partition coefficient (Wildman–Crippen LogP) is 3.81. The molecule has 104 valence electrons. The van der Waals surface area contributed by atoms with Gasteiger partial charge in [0.05, 0.1) is 0 Å². The zero-order valence-electron chi connectivity index (χ0n) is 11.9. The average Bonchev–Trinajstić information content (AvgIpc) is 2.39. The lowest BCUT2D eigenvalue weighted by Gasteiger charge is -2.33. The molecule has 3 heteroatoms. The highest BCUT2D eigenvalue weighted by Crippen LogP contribution is 2.37. The van der Waals surface area contributed by atoms with Crippen LogP contribution in [0.25, 0.3) is 0 Å². The van der Waals surface area contributed by atoms with E-state index in [0.29, 0.717) is 5.92 Å². The van der Waals surface area contributed by atoms with Crippen molar-refractivity contribution >= 4 is 17.3 Å². The largest absolute Gasteiger partial charge is 0.399 e. The highest BCUT2D eigenvalue weighted by atomic mass is 35.5. The third-order valence-electron chi connectivity index (χ3n) is 3.99. The molecule has 0 saturated heterocycles. The number of benzene rings is 2. The summed E-state index contributed by atoms with van der Waals surface area (Å²) in [4.78, 5) is 2.32. The number of rotatable bonds is 1.